The molecule has 0 aromatic heterocycles. The van der Waals surface area contributed by atoms with Crippen LogP contribution in [0, 0.1) is 0 Å². The molecule has 0 saturated heterocycles. The molecule has 158 valence electrons. The molecule has 0 radical (unpaired) electrons. The van der Waals surface area contributed by atoms with E-state index in [0.29, 0.717) is 28.5 Å². The zero-order valence-electron chi connectivity index (χ0n) is 17.4. The van der Waals surface area contributed by atoms with E-state index in [1.807, 2.05) is 0 Å². The number of rotatable bonds is 9. The summed E-state index contributed by atoms with van der Waals surface area (Å²) in [5, 5.41) is 3.09. The van der Waals surface area contributed by atoms with Gasteiger partial charge in [0.15, 0.2) is 0 Å². The van der Waals surface area contributed by atoms with Gasteiger partial charge in [0.25, 0.3) is 11.8 Å². The van der Waals surface area contributed by atoms with Gasteiger partial charge in [-0.3, -0.25) is 14.5 Å². The van der Waals surface area contributed by atoms with Crippen molar-refractivity contribution < 1.29 is 28.5 Å². The molecule has 2 aromatic rings. The lowest BCUT2D eigenvalue weighted by Gasteiger charge is -2.15. The molecule has 2 amide bonds. The predicted octanol–water partition coefficient (Wildman–Crippen LogP) is 2.55. The zero-order valence-corrected chi connectivity index (χ0v) is 17.4. The van der Waals surface area contributed by atoms with Crippen molar-refractivity contribution in [3.05, 3.63) is 53.7 Å². The topological polar surface area (TPSA) is 86.3 Å². The summed E-state index contributed by atoms with van der Waals surface area (Å²) in [7, 11) is 6.10. The molecule has 1 heterocycles. The van der Waals surface area contributed by atoms with Crippen molar-refractivity contribution in [3.63, 3.8) is 0 Å². The largest absolute Gasteiger partial charge is 0.497 e. The summed E-state index contributed by atoms with van der Waals surface area (Å²) in [5.74, 6) is 0.694. The standard InChI is InChI=1S/C22H24N2O6/c1-27-12-11-24-21(25)19(15-7-5-6-8-17(15)29-3)20(22(24)26)23-16-10-9-14(28-2)13-18(16)30-4/h5-10,13,23H,11-12H2,1-4H3. The number of anilines is 1. The molecular weight excluding hydrogens is 388 g/mol. The van der Waals surface area contributed by atoms with Gasteiger partial charge < -0.3 is 24.3 Å². The highest BCUT2D eigenvalue weighted by Gasteiger charge is 2.40. The van der Waals surface area contributed by atoms with Gasteiger partial charge in [0.2, 0.25) is 0 Å². The molecule has 3 rings (SSSR count). The minimum atomic E-state index is -0.448. The molecule has 30 heavy (non-hydrogen) atoms. The summed E-state index contributed by atoms with van der Waals surface area (Å²) in [5.41, 5.74) is 1.42. The van der Waals surface area contributed by atoms with Crippen molar-refractivity contribution in [2.24, 2.45) is 0 Å². The van der Waals surface area contributed by atoms with Gasteiger partial charge in [-0.05, 0) is 18.2 Å². The predicted molar refractivity (Wildman–Crippen MR) is 112 cm³/mol. The number of benzene rings is 2. The molecule has 2 aromatic carbocycles. The van der Waals surface area contributed by atoms with Gasteiger partial charge >= 0.3 is 0 Å². The quantitative estimate of drug-likeness (QED) is 0.634. The van der Waals surface area contributed by atoms with E-state index in [-0.39, 0.29) is 24.4 Å². The molecule has 0 unspecified atom stereocenters. The second kappa shape index (κ2) is 9.32. The first kappa shape index (κ1) is 21.2. The number of carbonyl (C=O) groups excluding carboxylic acids is 2. The fourth-order valence-corrected chi connectivity index (χ4v) is 3.22. The molecule has 1 N–H and O–H groups in total. The number of methoxy groups -OCH3 is 4. The number of carbonyl (C=O) groups is 2. The molecule has 1 aliphatic rings. The third-order valence-corrected chi connectivity index (χ3v) is 4.73. The number of amides is 2. The van der Waals surface area contributed by atoms with E-state index in [1.165, 1.54) is 21.3 Å². The van der Waals surface area contributed by atoms with Crippen molar-refractivity contribution in [1.82, 2.24) is 4.90 Å². The summed E-state index contributed by atoms with van der Waals surface area (Å²) in [4.78, 5) is 27.5. The average molecular weight is 412 g/mol. The minimum absolute atomic E-state index is 0.137. The summed E-state index contributed by atoms with van der Waals surface area (Å²) in [6.07, 6.45) is 0. The number of ether oxygens (including phenoxy) is 4. The number of hydrogen-bond acceptors (Lipinski definition) is 7. The smallest absolute Gasteiger partial charge is 0.278 e. The van der Waals surface area contributed by atoms with Crippen LogP contribution in [0.25, 0.3) is 5.57 Å². The van der Waals surface area contributed by atoms with Crippen LogP contribution in [0.5, 0.6) is 17.2 Å². The van der Waals surface area contributed by atoms with Crippen LogP contribution in [-0.2, 0) is 14.3 Å². The van der Waals surface area contributed by atoms with Crippen molar-refractivity contribution in [2.75, 3.05) is 46.9 Å². The van der Waals surface area contributed by atoms with Crippen LogP contribution in [0.15, 0.2) is 48.2 Å². The van der Waals surface area contributed by atoms with Crippen LogP contribution in [0.2, 0.25) is 0 Å². The first-order chi connectivity index (χ1) is 14.5. The first-order valence-corrected chi connectivity index (χ1v) is 9.27. The lowest BCUT2D eigenvalue weighted by molar-refractivity contribution is -0.137. The fourth-order valence-electron chi connectivity index (χ4n) is 3.22. The summed E-state index contributed by atoms with van der Waals surface area (Å²) >= 11 is 0. The van der Waals surface area contributed by atoms with Crippen molar-refractivity contribution in [2.45, 2.75) is 0 Å². The Morgan fingerprint density at radius 2 is 1.60 bits per heavy atom. The maximum Gasteiger partial charge on any atom is 0.278 e. The lowest BCUT2D eigenvalue weighted by Crippen LogP contribution is -2.35. The SMILES string of the molecule is COCCN1C(=O)C(Nc2ccc(OC)cc2OC)=C(c2ccccc2OC)C1=O. The van der Waals surface area contributed by atoms with Crippen LogP contribution in [-0.4, -0.2) is 58.3 Å². The lowest BCUT2D eigenvalue weighted by atomic mass is 10.0. The van der Waals surface area contributed by atoms with E-state index >= 15 is 0 Å². The van der Waals surface area contributed by atoms with Gasteiger partial charge in [-0.1, -0.05) is 18.2 Å². The second-order valence-electron chi connectivity index (χ2n) is 6.40. The van der Waals surface area contributed by atoms with Gasteiger partial charge in [-0.2, -0.15) is 0 Å². The van der Waals surface area contributed by atoms with E-state index < -0.39 is 11.8 Å². The molecule has 0 fully saturated rings. The minimum Gasteiger partial charge on any atom is -0.497 e. The molecule has 8 heteroatoms. The van der Waals surface area contributed by atoms with Crippen molar-refractivity contribution in [1.29, 1.82) is 0 Å². The van der Waals surface area contributed by atoms with Crippen molar-refractivity contribution >= 4 is 23.1 Å². The normalized spacial score (nSPS) is 13.7. The highest BCUT2D eigenvalue weighted by molar-refractivity contribution is 6.37. The highest BCUT2D eigenvalue weighted by atomic mass is 16.5. The molecule has 0 aliphatic carbocycles. The Balaban J connectivity index is 2.11. The van der Waals surface area contributed by atoms with Crippen molar-refractivity contribution in [3.8, 4) is 17.2 Å². The van der Waals surface area contributed by atoms with E-state index in [4.69, 9.17) is 18.9 Å². The van der Waals surface area contributed by atoms with E-state index in [0.717, 1.165) is 4.90 Å². The Bertz CT molecular complexity index is 985. The summed E-state index contributed by atoms with van der Waals surface area (Å²) in [6, 6.07) is 12.2. The molecular formula is C22H24N2O6. The van der Waals surface area contributed by atoms with Gasteiger partial charge in [-0.15, -0.1) is 0 Å². The number of nitrogens with one attached hydrogen (secondary N) is 1. The van der Waals surface area contributed by atoms with Crippen LogP contribution >= 0.6 is 0 Å². The molecule has 8 nitrogen and oxygen atoms in total. The Morgan fingerprint density at radius 3 is 2.27 bits per heavy atom. The third kappa shape index (κ3) is 3.95. The Kier molecular flexibility index (Phi) is 6.58. The fraction of sp³-hybridized carbons (Fsp3) is 0.273. The first-order valence-electron chi connectivity index (χ1n) is 9.27. The third-order valence-electron chi connectivity index (χ3n) is 4.73. The monoisotopic (exact) mass is 412 g/mol. The number of imide groups is 1. The second-order valence-corrected chi connectivity index (χ2v) is 6.40. The maximum absolute atomic E-state index is 13.2. The molecule has 0 spiro atoms. The van der Waals surface area contributed by atoms with E-state index in [1.54, 1.807) is 49.6 Å². The van der Waals surface area contributed by atoms with Crippen LogP contribution in [0.1, 0.15) is 5.56 Å². The Morgan fingerprint density at radius 1 is 0.867 bits per heavy atom. The van der Waals surface area contributed by atoms with Gasteiger partial charge in [0.1, 0.15) is 22.9 Å². The van der Waals surface area contributed by atoms with Gasteiger partial charge in [0, 0.05) is 18.7 Å². The van der Waals surface area contributed by atoms with Crippen LogP contribution < -0.4 is 19.5 Å². The number of nitrogens with zero attached hydrogens (tertiary/aromatic N) is 1. The summed E-state index contributed by atoms with van der Waals surface area (Å²) < 4.78 is 21.1. The Labute approximate surface area is 175 Å². The van der Waals surface area contributed by atoms with Gasteiger partial charge in [-0.25, -0.2) is 0 Å². The summed E-state index contributed by atoms with van der Waals surface area (Å²) in [6.45, 7) is 0.369. The highest BCUT2D eigenvalue weighted by Crippen LogP contribution is 2.37. The average Bonchev–Trinajstić information content (AvgIpc) is 3.01. The maximum atomic E-state index is 13.2. The van der Waals surface area contributed by atoms with E-state index in [2.05, 4.69) is 5.32 Å². The number of para-hydroxylation sites is 1. The molecule has 1 aliphatic heterocycles. The zero-order chi connectivity index (χ0) is 21.7. The Hall–Kier alpha value is -3.52. The van der Waals surface area contributed by atoms with Crippen LogP contribution in [0.3, 0.4) is 0 Å². The van der Waals surface area contributed by atoms with Crippen LogP contribution in [0.4, 0.5) is 5.69 Å². The molecule has 0 saturated carbocycles. The van der Waals surface area contributed by atoms with E-state index in [9.17, 15) is 9.59 Å². The number of hydrogen-bond donors (Lipinski definition) is 1. The van der Waals surface area contributed by atoms with Gasteiger partial charge in [0.05, 0.1) is 45.7 Å². The molecule has 0 bridgehead atoms. The molecule has 0 atom stereocenters.